The highest BCUT2D eigenvalue weighted by Crippen LogP contribution is 2.31. The van der Waals surface area contributed by atoms with Gasteiger partial charge in [-0.05, 0) is 43.7 Å². The molecule has 2 aromatic rings. The van der Waals surface area contributed by atoms with E-state index in [9.17, 15) is 9.90 Å². The minimum atomic E-state index is -0.913. The Balaban J connectivity index is 1.83. The molecular formula is C19H18ClN3O2. The third-order valence-electron chi connectivity index (χ3n) is 4.91. The van der Waals surface area contributed by atoms with Crippen molar-refractivity contribution >= 4 is 17.5 Å². The van der Waals surface area contributed by atoms with Crippen molar-refractivity contribution in [3.8, 4) is 17.5 Å². The second-order valence-electron chi connectivity index (χ2n) is 6.69. The molecule has 0 unspecified atom stereocenters. The Morgan fingerprint density at radius 2 is 2.08 bits per heavy atom. The van der Waals surface area contributed by atoms with Crippen LogP contribution < -0.4 is 0 Å². The summed E-state index contributed by atoms with van der Waals surface area (Å²) in [5.74, 6) is 5.91. The molecule has 128 valence electrons. The van der Waals surface area contributed by atoms with Crippen LogP contribution in [-0.4, -0.2) is 38.1 Å². The first-order chi connectivity index (χ1) is 12.0. The van der Waals surface area contributed by atoms with Crippen molar-refractivity contribution < 1.29 is 9.90 Å². The lowest BCUT2D eigenvalue weighted by Gasteiger charge is -2.15. The molecule has 1 aromatic heterocycles. The van der Waals surface area contributed by atoms with E-state index in [-0.39, 0.29) is 5.91 Å². The van der Waals surface area contributed by atoms with E-state index < -0.39 is 5.60 Å². The Labute approximate surface area is 151 Å². The van der Waals surface area contributed by atoms with Gasteiger partial charge in [-0.2, -0.15) is 0 Å². The highest BCUT2D eigenvalue weighted by molar-refractivity contribution is 6.34. The summed E-state index contributed by atoms with van der Waals surface area (Å²) in [6, 6.07) is 5.38. The number of hydrogen-bond donors (Lipinski definition) is 1. The quantitative estimate of drug-likeness (QED) is 0.739. The van der Waals surface area contributed by atoms with E-state index in [1.165, 1.54) is 0 Å². The number of imidazole rings is 1. The van der Waals surface area contributed by atoms with Crippen LogP contribution in [0.15, 0.2) is 24.5 Å². The summed E-state index contributed by atoms with van der Waals surface area (Å²) in [5.41, 5.74) is 1.68. The Kier molecular flexibility index (Phi) is 3.82. The molecule has 1 fully saturated rings. The molecule has 1 amide bonds. The standard InChI is InChI=1S/C19H18ClN3O2/c1-22-11-16-14(7-10-19(25)8-2-3-9-19)21-12-23(16)15-6-4-5-13(20)17(15)18(22)24/h4-6,12,25H,2-3,8-9,11H2,1H3. The van der Waals surface area contributed by atoms with Crippen LogP contribution in [-0.2, 0) is 6.54 Å². The van der Waals surface area contributed by atoms with Gasteiger partial charge in [0.15, 0.2) is 0 Å². The second-order valence-corrected chi connectivity index (χ2v) is 7.10. The van der Waals surface area contributed by atoms with Crippen LogP contribution >= 0.6 is 11.6 Å². The maximum atomic E-state index is 12.7. The molecule has 1 aromatic carbocycles. The largest absolute Gasteiger partial charge is 0.378 e. The van der Waals surface area contributed by atoms with Crippen LogP contribution in [0.5, 0.6) is 0 Å². The molecule has 5 nitrogen and oxygen atoms in total. The van der Waals surface area contributed by atoms with Gasteiger partial charge in [-0.1, -0.05) is 23.6 Å². The van der Waals surface area contributed by atoms with E-state index in [2.05, 4.69) is 16.8 Å². The number of aromatic nitrogens is 2. The molecule has 2 aliphatic rings. The number of benzene rings is 1. The zero-order valence-electron chi connectivity index (χ0n) is 13.9. The van der Waals surface area contributed by atoms with E-state index in [1.807, 2.05) is 16.7 Å². The van der Waals surface area contributed by atoms with Crippen LogP contribution in [0.2, 0.25) is 5.02 Å². The fraction of sp³-hybridized carbons (Fsp3) is 0.368. The highest BCUT2D eigenvalue weighted by atomic mass is 35.5. The van der Waals surface area contributed by atoms with Crippen LogP contribution in [0.4, 0.5) is 0 Å². The summed E-state index contributed by atoms with van der Waals surface area (Å²) < 4.78 is 1.87. The smallest absolute Gasteiger partial charge is 0.257 e. The molecule has 6 heteroatoms. The predicted octanol–water partition coefficient (Wildman–Crippen LogP) is 2.77. The molecule has 0 bridgehead atoms. The van der Waals surface area contributed by atoms with Gasteiger partial charge in [0.2, 0.25) is 0 Å². The molecule has 0 spiro atoms. The number of carbonyl (C=O) groups is 1. The van der Waals surface area contributed by atoms with Gasteiger partial charge < -0.3 is 10.0 Å². The Morgan fingerprint density at radius 1 is 1.32 bits per heavy atom. The number of aliphatic hydroxyl groups is 1. The maximum Gasteiger partial charge on any atom is 0.257 e. The Morgan fingerprint density at radius 3 is 2.84 bits per heavy atom. The highest BCUT2D eigenvalue weighted by Gasteiger charge is 2.30. The van der Waals surface area contributed by atoms with Crippen molar-refractivity contribution in [3.63, 3.8) is 0 Å². The molecule has 1 saturated carbocycles. The molecule has 1 N–H and O–H groups in total. The van der Waals surface area contributed by atoms with Gasteiger partial charge in [0, 0.05) is 7.05 Å². The number of hydrogen-bond acceptors (Lipinski definition) is 3. The van der Waals surface area contributed by atoms with E-state index in [1.54, 1.807) is 24.3 Å². The number of halogens is 1. The van der Waals surface area contributed by atoms with Gasteiger partial charge in [-0.15, -0.1) is 0 Å². The summed E-state index contributed by atoms with van der Waals surface area (Å²) in [4.78, 5) is 18.7. The molecule has 25 heavy (non-hydrogen) atoms. The summed E-state index contributed by atoms with van der Waals surface area (Å²) in [7, 11) is 1.74. The van der Waals surface area contributed by atoms with Crippen LogP contribution in [0.1, 0.15) is 47.4 Å². The topological polar surface area (TPSA) is 58.4 Å². The van der Waals surface area contributed by atoms with Crippen LogP contribution in [0.3, 0.4) is 0 Å². The lowest BCUT2D eigenvalue weighted by atomic mass is 10.0. The first-order valence-corrected chi connectivity index (χ1v) is 8.72. The molecule has 0 saturated heterocycles. The van der Waals surface area contributed by atoms with Gasteiger partial charge in [0.05, 0.1) is 28.5 Å². The monoisotopic (exact) mass is 355 g/mol. The van der Waals surface area contributed by atoms with E-state index in [0.29, 0.717) is 41.4 Å². The van der Waals surface area contributed by atoms with Crippen LogP contribution in [0.25, 0.3) is 5.69 Å². The molecule has 4 rings (SSSR count). The third kappa shape index (κ3) is 2.72. The zero-order valence-corrected chi connectivity index (χ0v) is 14.7. The molecule has 0 radical (unpaired) electrons. The average molecular weight is 356 g/mol. The molecule has 1 aliphatic carbocycles. The minimum Gasteiger partial charge on any atom is -0.378 e. The number of fused-ring (bicyclic) bond motifs is 3. The first kappa shape index (κ1) is 16.2. The van der Waals surface area contributed by atoms with E-state index >= 15 is 0 Å². The lowest BCUT2D eigenvalue weighted by Crippen LogP contribution is -2.25. The fourth-order valence-corrected chi connectivity index (χ4v) is 3.76. The van der Waals surface area contributed by atoms with Gasteiger partial charge in [0.1, 0.15) is 17.6 Å². The summed E-state index contributed by atoms with van der Waals surface area (Å²) in [6.45, 7) is 0.381. The average Bonchev–Trinajstić information content (AvgIpc) is 3.16. The SMILES string of the molecule is CN1Cc2c(C#CC3(O)CCCC3)ncn2-c2cccc(Cl)c2C1=O. The number of amides is 1. The number of carbonyl (C=O) groups excluding carboxylic acids is 1. The Bertz CT molecular complexity index is 916. The van der Waals surface area contributed by atoms with Crippen molar-refractivity contribution in [2.75, 3.05) is 7.05 Å². The van der Waals surface area contributed by atoms with E-state index in [0.717, 1.165) is 18.5 Å². The fourth-order valence-electron chi connectivity index (χ4n) is 3.51. The summed E-state index contributed by atoms with van der Waals surface area (Å²) in [5, 5.41) is 10.9. The number of nitrogens with zero attached hydrogens (tertiary/aromatic N) is 3. The van der Waals surface area contributed by atoms with Crippen molar-refractivity contribution in [1.82, 2.24) is 14.5 Å². The van der Waals surface area contributed by atoms with E-state index in [4.69, 9.17) is 11.6 Å². The predicted molar refractivity (Wildman–Crippen MR) is 94.7 cm³/mol. The normalized spacial score (nSPS) is 18.2. The van der Waals surface area contributed by atoms with Gasteiger partial charge in [-0.25, -0.2) is 4.98 Å². The molecule has 0 atom stereocenters. The first-order valence-electron chi connectivity index (χ1n) is 8.35. The zero-order chi connectivity index (χ0) is 17.6. The maximum absolute atomic E-state index is 12.7. The lowest BCUT2D eigenvalue weighted by molar-refractivity contribution is 0.0788. The van der Waals surface area contributed by atoms with Crippen molar-refractivity contribution in [2.24, 2.45) is 0 Å². The molecular weight excluding hydrogens is 338 g/mol. The van der Waals surface area contributed by atoms with Gasteiger partial charge >= 0.3 is 0 Å². The molecule has 2 heterocycles. The molecule has 1 aliphatic heterocycles. The van der Waals surface area contributed by atoms with Crippen molar-refractivity contribution in [3.05, 3.63) is 46.5 Å². The van der Waals surface area contributed by atoms with Gasteiger partial charge in [-0.3, -0.25) is 9.36 Å². The second kappa shape index (κ2) is 5.91. The van der Waals surface area contributed by atoms with Crippen LogP contribution in [0, 0.1) is 11.8 Å². The minimum absolute atomic E-state index is 0.127. The summed E-state index contributed by atoms with van der Waals surface area (Å²) in [6.07, 6.45) is 5.06. The van der Waals surface area contributed by atoms with Crippen molar-refractivity contribution in [1.29, 1.82) is 0 Å². The Hall–Kier alpha value is -2.29. The van der Waals surface area contributed by atoms with Gasteiger partial charge in [0.25, 0.3) is 5.91 Å². The summed E-state index contributed by atoms with van der Waals surface area (Å²) >= 11 is 6.27. The van der Waals surface area contributed by atoms with Crippen molar-refractivity contribution in [2.45, 2.75) is 37.8 Å². The third-order valence-corrected chi connectivity index (χ3v) is 5.22. The number of rotatable bonds is 0.